The maximum absolute atomic E-state index is 11.5. The molecule has 0 radical (unpaired) electrons. The Morgan fingerprint density at radius 1 is 1.40 bits per heavy atom. The number of likely N-dealkylation sites (N-methyl/N-ethyl adjacent to an activating group) is 1. The van der Waals surface area contributed by atoms with Gasteiger partial charge in [-0.2, -0.15) is 0 Å². The molecule has 1 atom stereocenters. The summed E-state index contributed by atoms with van der Waals surface area (Å²) in [7, 11) is 0. The van der Waals surface area contributed by atoms with Gasteiger partial charge < -0.3 is 9.84 Å². The zero-order valence-corrected chi connectivity index (χ0v) is 10.2. The van der Waals surface area contributed by atoms with Crippen LogP contribution < -0.4 is 5.32 Å². The summed E-state index contributed by atoms with van der Waals surface area (Å²) in [6.07, 6.45) is 0.482. The first-order valence-electron chi connectivity index (χ1n) is 5.35. The van der Waals surface area contributed by atoms with Gasteiger partial charge in [-0.05, 0) is 34.2 Å². The summed E-state index contributed by atoms with van der Waals surface area (Å²) >= 11 is 0. The van der Waals surface area contributed by atoms with E-state index in [9.17, 15) is 9.90 Å². The number of nitrogens with one attached hydrogen (secondary N) is 1. The van der Waals surface area contributed by atoms with Crippen LogP contribution in [-0.4, -0.2) is 34.4 Å². The van der Waals surface area contributed by atoms with Gasteiger partial charge in [0.05, 0.1) is 11.2 Å². The molecular formula is C11H21NO3. The standard InChI is InChI=1S/C11H21NO3/c1-6-12-11(8(13)14)7-9(2,3)15-10(11,4)5/h12H,6-7H2,1-5H3,(H,13,14). The molecule has 15 heavy (non-hydrogen) atoms. The topological polar surface area (TPSA) is 58.6 Å². The largest absolute Gasteiger partial charge is 0.480 e. The third-order valence-corrected chi connectivity index (χ3v) is 3.09. The molecule has 88 valence electrons. The van der Waals surface area contributed by atoms with Crippen LogP contribution in [0.4, 0.5) is 0 Å². The van der Waals surface area contributed by atoms with E-state index in [1.807, 2.05) is 34.6 Å². The Bertz CT molecular complexity index is 273. The van der Waals surface area contributed by atoms with Crippen LogP contribution in [0.5, 0.6) is 0 Å². The molecule has 4 heteroatoms. The van der Waals surface area contributed by atoms with E-state index in [1.54, 1.807) is 0 Å². The van der Waals surface area contributed by atoms with Crippen molar-refractivity contribution in [2.45, 2.75) is 57.8 Å². The Kier molecular flexibility index (Phi) is 2.87. The van der Waals surface area contributed by atoms with Crippen molar-refractivity contribution < 1.29 is 14.6 Å². The van der Waals surface area contributed by atoms with Gasteiger partial charge in [-0.15, -0.1) is 0 Å². The number of ether oxygens (including phenoxy) is 1. The minimum Gasteiger partial charge on any atom is -0.480 e. The van der Waals surface area contributed by atoms with Crippen molar-refractivity contribution >= 4 is 5.97 Å². The van der Waals surface area contributed by atoms with Gasteiger partial charge in [0, 0.05) is 6.42 Å². The van der Waals surface area contributed by atoms with E-state index in [0.717, 1.165) is 0 Å². The fraction of sp³-hybridized carbons (Fsp3) is 0.909. The van der Waals surface area contributed by atoms with Crippen LogP contribution >= 0.6 is 0 Å². The molecule has 1 rings (SSSR count). The van der Waals surface area contributed by atoms with Gasteiger partial charge in [0.25, 0.3) is 0 Å². The van der Waals surface area contributed by atoms with Crippen molar-refractivity contribution in [2.24, 2.45) is 0 Å². The lowest BCUT2D eigenvalue weighted by atomic mass is 9.79. The molecule has 0 aromatic heterocycles. The van der Waals surface area contributed by atoms with Crippen molar-refractivity contribution in [2.75, 3.05) is 6.54 Å². The number of hydrogen-bond donors (Lipinski definition) is 2. The van der Waals surface area contributed by atoms with E-state index < -0.39 is 22.7 Å². The molecule has 1 saturated heterocycles. The van der Waals surface area contributed by atoms with E-state index in [-0.39, 0.29) is 0 Å². The zero-order valence-electron chi connectivity index (χ0n) is 10.2. The molecule has 0 amide bonds. The quantitative estimate of drug-likeness (QED) is 0.747. The summed E-state index contributed by atoms with van der Waals surface area (Å²) < 4.78 is 5.82. The third kappa shape index (κ3) is 1.88. The second-order valence-corrected chi connectivity index (χ2v) is 5.29. The van der Waals surface area contributed by atoms with Gasteiger partial charge >= 0.3 is 5.97 Å². The molecule has 1 aliphatic heterocycles. The van der Waals surface area contributed by atoms with Gasteiger partial charge in [0.15, 0.2) is 0 Å². The predicted octanol–water partition coefficient (Wildman–Crippen LogP) is 1.40. The molecule has 0 aliphatic carbocycles. The maximum Gasteiger partial charge on any atom is 0.327 e. The second kappa shape index (κ2) is 3.46. The van der Waals surface area contributed by atoms with E-state index in [2.05, 4.69) is 5.32 Å². The number of carboxylic acid groups (broad SMARTS) is 1. The maximum atomic E-state index is 11.5. The summed E-state index contributed by atoms with van der Waals surface area (Å²) in [4.78, 5) is 11.5. The average Bonchev–Trinajstić information content (AvgIpc) is 2.17. The van der Waals surface area contributed by atoms with Gasteiger partial charge in [0.2, 0.25) is 0 Å². The molecule has 0 aromatic rings. The predicted molar refractivity (Wildman–Crippen MR) is 57.9 cm³/mol. The molecule has 1 fully saturated rings. The van der Waals surface area contributed by atoms with Gasteiger partial charge in [-0.25, -0.2) is 0 Å². The smallest absolute Gasteiger partial charge is 0.327 e. The molecule has 0 bridgehead atoms. The summed E-state index contributed by atoms with van der Waals surface area (Å²) in [6, 6.07) is 0. The first-order chi connectivity index (χ1) is 6.67. The van der Waals surface area contributed by atoms with Crippen molar-refractivity contribution in [3.8, 4) is 0 Å². The van der Waals surface area contributed by atoms with Gasteiger partial charge in [-0.3, -0.25) is 10.1 Å². The fourth-order valence-electron chi connectivity index (χ4n) is 2.65. The average molecular weight is 215 g/mol. The third-order valence-electron chi connectivity index (χ3n) is 3.09. The number of hydrogen-bond acceptors (Lipinski definition) is 3. The van der Waals surface area contributed by atoms with Gasteiger partial charge in [-0.1, -0.05) is 6.92 Å². The Hall–Kier alpha value is -0.610. The Morgan fingerprint density at radius 3 is 2.20 bits per heavy atom. The molecule has 0 aromatic carbocycles. The normalized spacial score (nSPS) is 32.9. The van der Waals surface area contributed by atoms with Crippen molar-refractivity contribution in [3.63, 3.8) is 0 Å². The van der Waals surface area contributed by atoms with E-state index in [1.165, 1.54) is 0 Å². The van der Waals surface area contributed by atoms with Crippen molar-refractivity contribution in [3.05, 3.63) is 0 Å². The van der Waals surface area contributed by atoms with Crippen LogP contribution in [0.3, 0.4) is 0 Å². The highest BCUT2D eigenvalue weighted by Crippen LogP contribution is 2.45. The SMILES string of the molecule is CCNC1(C(=O)O)CC(C)(C)OC1(C)C. The van der Waals surface area contributed by atoms with Crippen LogP contribution in [0.1, 0.15) is 41.0 Å². The molecule has 1 aliphatic rings. The lowest BCUT2D eigenvalue weighted by molar-refractivity contribution is -0.153. The highest BCUT2D eigenvalue weighted by molar-refractivity contribution is 5.81. The van der Waals surface area contributed by atoms with Gasteiger partial charge in [0.1, 0.15) is 5.54 Å². The molecular weight excluding hydrogens is 194 g/mol. The Balaban J connectivity index is 3.12. The summed E-state index contributed by atoms with van der Waals surface area (Å²) in [5, 5.41) is 12.5. The summed E-state index contributed by atoms with van der Waals surface area (Å²) in [5.41, 5.74) is -2.08. The molecule has 0 spiro atoms. The second-order valence-electron chi connectivity index (χ2n) is 5.29. The highest BCUT2D eigenvalue weighted by atomic mass is 16.5. The number of rotatable bonds is 3. The molecule has 2 N–H and O–H groups in total. The van der Waals surface area contributed by atoms with Crippen LogP contribution in [-0.2, 0) is 9.53 Å². The summed E-state index contributed by atoms with van der Waals surface area (Å²) in [5.74, 6) is -0.833. The van der Waals surface area contributed by atoms with Crippen LogP contribution in [0.2, 0.25) is 0 Å². The van der Waals surface area contributed by atoms with E-state index in [0.29, 0.717) is 13.0 Å². The zero-order chi connectivity index (χ0) is 11.9. The first kappa shape index (κ1) is 12.5. The lowest BCUT2D eigenvalue weighted by Gasteiger charge is -2.36. The Morgan fingerprint density at radius 2 is 1.93 bits per heavy atom. The molecule has 0 saturated carbocycles. The molecule has 4 nitrogen and oxygen atoms in total. The van der Waals surface area contributed by atoms with Crippen LogP contribution in [0, 0.1) is 0 Å². The fourth-order valence-corrected chi connectivity index (χ4v) is 2.65. The molecule has 1 unspecified atom stereocenters. The number of carboxylic acids is 1. The van der Waals surface area contributed by atoms with Crippen molar-refractivity contribution in [1.82, 2.24) is 5.32 Å². The Labute approximate surface area is 91.0 Å². The van der Waals surface area contributed by atoms with E-state index >= 15 is 0 Å². The van der Waals surface area contributed by atoms with E-state index in [4.69, 9.17) is 4.74 Å². The van der Waals surface area contributed by atoms with Crippen LogP contribution in [0.25, 0.3) is 0 Å². The monoisotopic (exact) mass is 215 g/mol. The van der Waals surface area contributed by atoms with Crippen LogP contribution in [0.15, 0.2) is 0 Å². The molecule has 1 heterocycles. The van der Waals surface area contributed by atoms with Crippen molar-refractivity contribution in [1.29, 1.82) is 0 Å². The number of carbonyl (C=O) groups is 1. The minimum absolute atomic E-state index is 0.399. The first-order valence-corrected chi connectivity index (χ1v) is 5.35. The minimum atomic E-state index is -0.981. The summed E-state index contributed by atoms with van der Waals surface area (Å²) in [6.45, 7) is 10.0. The highest BCUT2D eigenvalue weighted by Gasteiger charge is 2.61. The number of aliphatic carboxylic acids is 1. The lowest BCUT2D eigenvalue weighted by Crippen LogP contribution is -2.62.